The number of aromatic nitrogens is 2. The molecule has 1 aromatic heterocycles. The molecule has 0 radical (unpaired) electrons. The van der Waals surface area contributed by atoms with Gasteiger partial charge in [0.2, 0.25) is 0 Å². The van der Waals surface area contributed by atoms with Crippen LogP contribution in [0, 0.1) is 5.92 Å². The summed E-state index contributed by atoms with van der Waals surface area (Å²) in [7, 11) is 1.78. The van der Waals surface area contributed by atoms with Gasteiger partial charge in [-0.25, -0.2) is 4.98 Å². The second-order valence-electron chi connectivity index (χ2n) is 6.51. The minimum absolute atomic E-state index is 0.000526. The van der Waals surface area contributed by atoms with Crippen LogP contribution in [0.4, 0.5) is 5.82 Å². The highest BCUT2D eigenvalue weighted by Gasteiger charge is 2.23. The summed E-state index contributed by atoms with van der Waals surface area (Å²) in [5.74, 6) is 1.36. The molecule has 1 fully saturated rings. The molecule has 2 aliphatic rings. The molecule has 0 bridgehead atoms. The first kappa shape index (κ1) is 15.3. The summed E-state index contributed by atoms with van der Waals surface area (Å²) in [6, 6.07) is 0.464. The van der Waals surface area contributed by atoms with Gasteiger partial charge in [0, 0.05) is 38.6 Å². The maximum Gasteiger partial charge on any atom is 0.293 e. The van der Waals surface area contributed by atoms with Crippen LogP contribution in [0.15, 0.2) is 29.3 Å². The summed E-state index contributed by atoms with van der Waals surface area (Å²) in [4.78, 5) is 18.7. The molecule has 5 nitrogen and oxygen atoms in total. The average molecular weight is 302 g/mol. The van der Waals surface area contributed by atoms with Gasteiger partial charge in [0.1, 0.15) is 0 Å². The summed E-state index contributed by atoms with van der Waals surface area (Å²) in [6.45, 7) is 2.90. The zero-order chi connectivity index (χ0) is 15.4. The van der Waals surface area contributed by atoms with E-state index < -0.39 is 0 Å². The Kier molecular flexibility index (Phi) is 4.93. The van der Waals surface area contributed by atoms with Crippen LogP contribution in [0.2, 0.25) is 0 Å². The van der Waals surface area contributed by atoms with Crippen molar-refractivity contribution in [2.24, 2.45) is 13.0 Å². The number of aryl methyl sites for hydroxylation is 1. The molecule has 0 unspecified atom stereocenters. The Morgan fingerprint density at radius 3 is 3.09 bits per heavy atom. The van der Waals surface area contributed by atoms with Gasteiger partial charge in [0.25, 0.3) is 5.56 Å². The highest BCUT2D eigenvalue weighted by molar-refractivity contribution is 5.36. The van der Waals surface area contributed by atoms with Crippen molar-refractivity contribution in [2.75, 3.05) is 24.5 Å². The van der Waals surface area contributed by atoms with Crippen LogP contribution in [0.3, 0.4) is 0 Å². The fourth-order valence-corrected chi connectivity index (χ4v) is 3.41. The molecular weight excluding hydrogens is 276 g/mol. The first-order valence-corrected chi connectivity index (χ1v) is 8.39. The molecule has 2 heterocycles. The lowest BCUT2D eigenvalue weighted by Gasteiger charge is -2.34. The Hall–Kier alpha value is -1.62. The largest absolute Gasteiger partial charge is 0.350 e. The van der Waals surface area contributed by atoms with Crippen LogP contribution in [0.5, 0.6) is 0 Å². The second kappa shape index (κ2) is 7.09. The maximum atomic E-state index is 12.2. The Balaban J connectivity index is 1.58. The molecule has 1 N–H and O–H groups in total. The van der Waals surface area contributed by atoms with Crippen molar-refractivity contribution in [3.05, 3.63) is 34.9 Å². The molecule has 0 saturated carbocycles. The number of anilines is 1. The van der Waals surface area contributed by atoms with Crippen molar-refractivity contribution in [1.82, 2.24) is 14.9 Å². The molecule has 2 atom stereocenters. The van der Waals surface area contributed by atoms with Gasteiger partial charge >= 0.3 is 0 Å². The summed E-state index contributed by atoms with van der Waals surface area (Å²) >= 11 is 0. The van der Waals surface area contributed by atoms with E-state index in [1.54, 1.807) is 24.0 Å². The van der Waals surface area contributed by atoms with Gasteiger partial charge in [-0.05, 0) is 44.6 Å². The van der Waals surface area contributed by atoms with Gasteiger partial charge < -0.3 is 14.8 Å². The molecule has 1 saturated heterocycles. The molecule has 0 spiro atoms. The van der Waals surface area contributed by atoms with Crippen molar-refractivity contribution >= 4 is 5.82 Å². The number of rotatable bonds is 4. The maximum absolute atomic E-state index is 12.2. The van der Waals surface area contributed by atoms with E-state index in [4.69, 9.17) is 0 Å². The monoisotopic (exact) mass is 302 g/mol. The van der Waals surface area contributed by atoms with E-state index in [2.05, 4.69) is 27.4 Å². The molecule has 0 aromatic carbocycles. The SMILES string of the molecule is Cn1ccnc(N2CCC[C@H](NC[C@H]3CC=CCC3)C2)c1=O. The fourth-order valence-electron chi connectivity index (χ4n) is 3.41. The van der Waals surface area contributed by atoms with E-state index in [1.165, 1.54) is 25.7 Å². The topological polar surface area (TPSA) is 50.2 Å². The second-order valence-corrected chi connectivity index (χ2v) is 6.51. The Labute approximate surface area is 132 Å². The van der Waals surface area contributed by atoms with Crippen LogP contribution in [0.1, 0.15) is 32.1 Å². The van der Waals surface area contributed by atoms with Crippen molar-refractivity contribution in [3.8, 4) is 0 Å². The molecule has 1 aromatic rings. The van der Waals surface area contributed by atoms with Crippen LogP contribution >= 0.6 is 0 Å². The third-order valence-corrected chi connectivity index (χ3v) is 4.79. The number of hydrogen-bond acceptors (Lipinski definition) is 4. The summed E-state index contributed by atoms with van der Waals surface area (Å²) in [5, 5.41) is 3.71. The molecule has 3 rings (SSSR count). The molecule has 22 heavy (non-hydrogen) atoms. The molecule has 120 valence electrons. The van der Waals surface area contributed by atoms with Crippen molar-refractivity contribution in [3.63, 3.8) is 0 Å². The van der Waals surface area contributed by atoms with E-state index in [-0.39, 0.29) is 5.56 Å². The van der Waals surface area contributed by atoms with Gasteiger partial charge in [-0.1, -0.05) is 12.2 Å². The highest BCUT2D eigenvalue weighted by Crippen LogP contribution is 2.19. The lowest BCUT2D eigenvalue weighted by molar-refractivity contribution is 0.366. The number of hydrogen-bond donors (Lipinski definition) is 1. The van der Waals surface area contributed by atoms with E-state index in [0.717, 1.165) is 32.0 Å². The lowest BCUT2D eigenvalue weighted by atomic mass is 9.94. The number of nitrogens with one attached hydrogen (secondary N) is 1. The minimum Gasteiger partial charge on any atom is -0.350 e. The summed E-state index contributed by atoms with van der Waals surface area (Å²) in [6.07, 6.45) is 14.0. The molecule has 0 amide bonds. The highest BCUT2D eigenvalue weighted by atomic mass is 16.1. The Bertz CT molecular complexity index is 580. The molecule has 5 heteroatoms. The van der Waals surface area contributed by atoms with Gasteiger partial charge in [-0.15, -0.1) is 0 Å². The third-order valence-electron chi connectivity index (χ3n) is 4.79. The van der Waals surface area contributed by atoms with Crippen molar-refractivity contribution in [1.29, 1.82) is 0 Å². The first-order valence-electron chi connectivity index (χ1n) is 8.39. The molecular formula is C17H26N4O. The van der Waals surface area contributed by atoms with E-state index >= 15 is 0 Å². The van der Waals surface area contributed by atoms with Crippen LogP contribution in [0.25, 0.3) is 0 Å². The van der Waals surface area contributed by atoms with Gasteiger partial charge in [0.05, 0.1) is 0 Å². The van der Waals surface area contributed by atoms with Crippen LogP contribution in [-0.4, -0.2) is 35.2 Å². The zero-order valence-electron chi connectivity index (χ0n) is 13.4. The normalized spacial score (nSPS) is 25.4. The standard InChI is InChI=1S/C17H26N4O/c1-20-11-9-18-16(17(20)22)21-10-5-8-15(13-21)19-12-14-6-3-2-4-7-14/h2-3,9,11,14-15,19H,4-8,10,12-13H2,1H3/t14-,15-/m0/s1. The first-order chi connectivity index (χ1) is 10.7. The van der Waals surface area contributed by atoms with Crippen LogP contribution in [-0.2, 0) is 7.05 Å². The lowest BCUT2D eigenvalue weighted by Crippen LogP contribution is -2.48. The fraction of sp³-hybridized carbons (Fsp3) is 0.647. The Morgan fingerprint density at radius 2 is 2.27 bits per heavy atom. The number of nitrogens with zero attached hydrogens (tertiary/aromatic N) is 3. The number of piperidine rings is 1. The third kappa shape index (κ3) is 3.58. The smallest absolute Gasteiger partial charge is 0.293 e. The van der Waals surface area contributed by atoms with Gasteiger partial charge in [0.15, 0.2) is 5.82 Å². The average Bonchev–Trinajstić information content (AvgIpc) is 2.57. The van der Waals surface area contributed by atoms with Crippen molar-refractivity contribution in [2.45, 2.75) is 38.1 Å². The van der Waals surface area contributed by atoms with Crippen LogP contribution < -0.4 is 15.8 Å². The molecule has 1 aliphatic carbocycles. The minimum atomic E-state index is 0.000526. The van der Waals surface area contributed by atoms with E-state index in [0.29, 0.717) is 11.9 Å². The quantitative estimate of drug-likeness (QED) is 0.860. The van der Waals surface area contributed by atoms with E-state index in [1.807, 2.05) is 0 Å². The predicted molar refractivity (Wildman–Crippen MR) is 89.2 cm³/mol. The Morgan fingerprint density at radius 1 is 1.36 bits per heavy atom. The van der Waals surface area contributed by atoms with Gasteiger partial charge in [-0.3, -0.25) is 4.79 Å². The molecule has 1 aliphatic heterocycles. The van der Waals surface area contributed by atoms with Gasteiger partial charge in [-0.2, -0.15) is 0 Å². The summed E-state index contributed by atoms with van der Waals surface area (Å²) in [5.41, 5.74) is 0.000526. The zero-order valence-corrected chi connectivity index (χ0v) is 13.4. The summed E-state index contributed by atoms with van der Waals surface area (Å²) < 4.78 is 1.60. The predicted octanol–water partition coefficient (Wildman–Crippen LogP) is 1.70. The van der Waals surface area contributed by atoms with E-state index in [9.17, 15) is 4.79 Å². The van der Waals surface area contributed by atoms with Crippen molar-refractivity contribution < 1.29 is 0 Å². The number of allylic oxidation sites excluding steroid dienone is 2.